The van der Waals surface area contributed by atoms with Crippen LogP contribution in [0.5, 0.6) is 0 Å². The second kappa shape index (κ2) is 3.76. The highest BCUT2D eigenvalue weighted by molar-refractivity contribution is 5.71. The summed E-state index contributed by atoms with van der Waals surface area (Å²) in [5.74, 6) is 0. The third kappa shape index (κ3) is 1.54. The molecule has 1 nitrogen and oxygen atoms in total. The summed E-state index contributed by atoms with van der Waals surface area (Å²) in [5.41, 5.74) is 5.63. The number of benzene rings is 2. The van der Waals surface area contributed by atoms with E-state index in [0.717, 1.165) is 13.1 Å². The van der Waals surface area contributed by atoms with Gasteiger partial charge >= 0.3 is 0 Å². The van der Waals surface area contributed by atoms with Gasteiger partial charge in [0.05, 0.1) is 0 Å². The Morgan fingerprint density at radius 1 is 0.750 bits per heavy atom. The molecular formula is C15H15N. The summed E-state index contributed by atoms with van der Waals surface area (Å²) in [6.45, 7) is 2.07. The Kier molecular flexibility index (Phi) is 2.26. The Hall–Kier alpha value is -1.60. The van der Waals surface area contributed by atoms with E-state index in [9.17, 15) is 0 Å². The molecule has 0 radical (unpaired) electrons. The molecule has 0 unspecified atom stereocenters. The molecule has 1 heterocycles. The summed E-state index contributed by atoms with van der Waals surface area (Å²) in [4.78, 5) is 2.37. The largest absolute Gasteiger partial charge is 0.298 e. The van der Waals surface area contributed by atoms with E-state index in [0.29, 0.717) is 0 Å². The monoisotopic (exact) mass is 209 g/mol. The van der Waals surface area contributed by atoms with Gasteiger partial charge in [0, 0.05) is 13.1 Å². The maximum atomic E-state index is 2.37. The van der Waals surface area contributed by atoms with E-state index in [4.69, 9.17) is 0 Å². The van der Waals surface area contributed by atoms with E-state index in [2.05, 4.69) is 60.5 Å². The first-order valence-corrected chi connectivity index (χ1v) is 5.69. The molecular weight excluding hydrogens is 194 g/mol. The van der Waals surface area contributed by atoms with Crippen LogP contribution in [0, 0.1) is 0 Å². The highest BCUT2D eigenvalue weighted by atomic mass is 15.1. The molecule has 0 spiro atoms. The molecule has 0 N–H and O–H groups in total. The summed E-state index contributed by atoms with van der Waals surface area (Å²) < 4.78 is 0. The van der Waals surface area contributed by atoms with Crippen molar-refractivity contribution in [1.82, 2.24) is 4.90 Å². The fourth-order valence-corrected chi connectivity index (χ4v) is 2.48. The zero-order valence-electron chi connectivity index (χ0n) is 9.48. The summed E-state index contributed by atoms with van der Waals surface area (Å²) in [6, 6.07) is 17.4. The molecule has 0 atom stereocenters. The maximum Gasteiger partial charge on any atom is 0.0240 e. The molecule has 80 valence electrons. The molecule has 1 aliphatic heterocycles. The van der Waals surface area contributed by atoms with Crippen molar-refractivity contribution in [3.8, 4) is 11.1 Å². The standard InChI is InChI=1S/C15H15N/c1-16-10-12-6-2-4-8-14(12)15-9-5-3-7-13(15)11-16/h2-9H,10-11H2,1H3. The molecule has 1 aliphatic rings. The van der Waals surface area contributed by atoms with Gasteiger partial charge in [-0.1, -0.05) is 48.5 Å². The third-order valence-electron chi connectivity index (χ3n) is 3.21. The van der Waals surface area contributed by atoms with Crippen LogP contribution in [0.25, 0.3) is 11.1 Å². The highest BCUT2D eigenvalue weighted by Gasteiger charge is 2.15. The van der Waals surface area contributed by atoms with Gasteiger partial charge in [-0.15, -0.1) is 0 Å². The molecule has 3 rings (SSSR count). The minimum atomic E-state index is 1.03. The van der Waals surface area contributed by atoms with Crippen molar-refractivity contribution in [3.63, 3.8) is 0 Å². The van der Waals surface area contributed by atoms with Gasteiger partial charge in [-0.05, 0) is 29.3 Å². The Balaban J connectivity index is 2.26. The predicted molar refractivity (Wildman–Crippen MR) is 67.0 cm³/mol. The molecule has 0 fully saturated rings. The van der Waals surface area contributed by atoms with Crippen LogP contribution in [0.1, 0.15) is 11.1 Å². The number of hydrogen-bond donors (Lipinski definition) is 0. The van der Waals surface area contributed by atoms with E-state index in [1.54, 1.807) is 0 Å². The molecule has 0 aliphatic carbocycles. The molecule has 0 bridgehead atoms. The van der Waals surface area contributed by atoms with Crippen LogP contribution in [-0.4, -0.2) is 11.9 Å². The fourth-order valence-electron chi connectivity index (χ4n) is 2.48. The van der Waals surface area contributed by atoms with E-state index in [-0.39, 0.29) is 0 Å². The van der Waals surface area contributed by atoms with Crippen LogP contribution in [-0.2, 0) is 13.1 Å². The van der Waals surface area contributed by atoms with Gasteiger partial charge in [-0.2, -0.15) is 0 Å². The van der Waals surface area contributed by atoms with Crippen LogP contribution in [0.4, 0.5) is 0 Å². The van der Waals surface area contributed by atoms with Crippen molar-refractivity contribution in [2.75, 3.05) is 7.05 Å². The second-order valence-corrected chi connectivity index (χ2v) is 4.49. The molecule has 16 heavy (non-hydrogen) atoms. The molecule has 2 aromatic rings. The first kappa shape index (κ1) is 9.61. The average Bonchev–Trinajstić information content (AvgIpc) is 2.44. The normalized spacial score (nSPS) is 15.1. The van der Waals surface area contributed by atoms with Gasteiger partial charge in [0.25, 0.3) is 0 Å². The van der Waals surface area contributed by atoms with Crippen LogP contribution < -0.4 is 0 Å². The zero-order valence-corrected chi connectivity index (χ0v) is 9.48. The van der Waals surface area contributed by atoms with Gasteiger partial charge in [0.1, 0.15) is 0 Å². The first-order valence-electron chi connectivity index (χ1n) is 5.69. The van der Waals surface area contributed by atoms with E-state index < -0.39 is 0 Å². The molecule has 0 aromatic heterocycles. The topological polar surface area (TPSA) is 3.24 Å². The number of fused-ring (bicyclic) bond motifs is 3. The Labute approximate surface area is 96.3 Å². The van der Waals surface area contributed by atoms with Crippen molar-refractivity contribution in [2.45, 2.75) is 13.1 Å². The summed E-state index contributed by atoms with van der Waals surface area (Å²) in [7, 11) is 2.18. The lowest BCUT2D eigenvalue weighted by Gasteiger charge is -2.13. The van der Waals surface area contributed by atoms with Gasteiger partial charge in [-0.25, -0.2) is 0 Å². The SMILES string of the molecule is CN1Cc2ccccc2-c2ccccc2C1. The third-order valence-corrected chi connectivity index (χ3v) is 3.21. The maximum absolute atomic E-state index is 2.37. The van der Waals surface area contributed by atoms with Gasteiger partial charge in [-0.3, -0.25) is 4.90 Å². The quantitative estimate of drug-likeness (QED) is 0.643. The molecule has 0 amide bonds. The molecule has 0 saturated heterocycles. The van der Waals surface area contributed by atoms with Crippen molar-refractivity contribution < 1.29 is 0 Å². The smallest absolute Gasteiger partial charge is 0.0240 e. The first-order chi connectivity index (χ1) is 7.84. The lowest BCUT2D eigenvalue weighted by Crippen LogP contribution is -2.15. The van der Waals surface area contributed by atoms with Crippen molar-refractivity contribution in [1.29, 1.82) is 0 Å². The Morgan fingerprint density at radius 3 is 1.69 bits per heavy atom. The highest BCUT2D eigenvalue weighted by Crippen LogP contribution is 2.31. The van der Waals surface area contributed by atoms with Crippen molar-refractivity contribution >= 4 is 0 Å². The van der Waals surface area contributed by atoms with Crippen LogP contribution in [0.15, 0.2) is 48.5 Å². The fraction of sp³-hybridized carbons (Fsp3) is 0.200. The summed E-state index contributed by atoms with van der Waals surface area (Å²) >= 11 is 0. The number of hydrogen-bond acceptors (Lipinski definition) is 1. The Morgan fingerprint density at radius 2 is 1.19 bits per heavy atom. The molecule has 1 heteroatoms. The minimum absolute atomic E-state index is 1.03. The number of rotatable bonds is 0. The predicted octanol–water partition coefficient (Wildman–Crippen LogP) is 3.30. The van der Waals surface area contributed by atoms with Gasteiger partial charge in [0.15, 0.2) is 0 Å². The molecule has 0 saturated carbocycles. The van der Waals surface area contributed by atoms with E-state index in [1.807, 2.05) is 0 Å². The second-order valence-electron chi connectivity index (χ2n) is 4.49. The van der Waals surface area contributed by atoms with Crippen molar-refractivity contribution in [2.24, 2.45) is 0 Å². The van der Waals surface area contributed by atoms with Crippen LogP contribution >= 0.6 is 0 Å². The summed E-state index contributed by atoms with van der Waals surface area (Å²) in [6.07, 6.45) is 0. The van der Waals surface area contributed by atoms with E-state index in [1.165, 1.54) is 22.3 Å². The lowest BCUT2D eigenvalue weighted by molar-refractivity contribution is 0.323. The van der Waals surface area contributed by atoms with Gasteiger partial charge in [0.2, 0.25) is 0 Å². The van der Waals surface area contributed by atoms with Crippen molar-refractivity contribution in [3.05, 3.63) is 59.7 Å². The zero-order chi connectivity index (χ0) is 11.0. The van der Waals surface area contributed by atoms with Crippen LogP contribution in [0.3, 0.4) is 0 Å². The summed E-state index contributed by atoms with van der Waals surface area (Å²) in [5, 5.41) is 0. The lowest BCUT2D eigenvalue weighted by atomic mass is 9.97. The van der Waals surface area contributed by atoms with Crippen LogP contribution in [0.2, 0.25) is 0 Å². The minimum Gasteiger partial charge on any atom is -0.298 e. The number of nitrogens with zero attached hydrogens (tertiary/aromatic N) is 1. The molecule has 2 aromatic carbocycles. The van der Waals surface area contributed by atoms with Gasteiger partial charge < -0.3 is 0 Å². The average molecular weight is 209 g/mol. The van der Waals surface area contributed by atoms with E-state index >= 15 is 0 Å². The Bertz CT molecular complexity index is 469.